The highest BCUT2D eigenvalue weighted by atomic mass is 28.4. The lowest BCUT2D eigenvalue weighted by Gasteiger charge is -2.34. The third kappa shape index (κ3) is 7.95. The molecule has 0 aromatic rings. The van der Waals surface area contributed by atoms with E-state index in [2.05, 4.69) is 55.4 Å². The van der Waals surface area contributed by atoms with Gasteiger partial charge < -0.3 is 8.85 Å². The molecule has 0 heterocycles. The van der Waals surface area contributed by atoms with E-state index in [1.54, 1.807) is 0 Å². The average Bonchev–Trinajstić information content (AvgIpc) is 2.16. The zero-order chi connectivity index (χ0) is 13.7. The summed E-state index contributed by atoms with van der Waals surface area (Å²) in [6.45, 7) is 19.2. The molecule has 104 valence electrons. The first-order valence-electron chi connectivity index (χ1n) is 6.81. The monoisotopic (exact) mass is 260 g/mol. The second-order valence-electron chi connectivity index (χ2n) is 7.32. The Morgan fingerprint density at radius 3 is 1.18 bits per heavy atom. The molecule has 3 heteroatoms. The summed E-state index contributed by atoms with van der Waals surface area (Å²) in [6.07, 6.45) is 0. The first-order chi connectivity index (χ1) is 7.54. The molecule has 0 saturated heterocycles. The Kier molecular flexibility index (Phi) is 6.40. The predicted molar refractivity (Wildman–Crippen MR) is 77.5 cm³/mol. The summed E-state index contributed by atoms with van der Waals surface area (Å²) >= 11 is 0. The summed E-state index contributed by atoms with van der Waals surface area (Å²) in [6, 6.07) is 2.07. The van der Waals surface area contributed by atoms with E-state index in [4.69, 9.17) is 8.85 Å². The van der Waals surface area contributed by atoms with Crippen molar-refractivity contribution in [3.05, 3.63) is 0 Å². The van der Waals surface area contributed by atoms with Crippen molar-refractivity contribution in [1.29, 1.82) is 0 Å². The summed E-state index contributed by atoms with van der Waals surface area (Å²) in [5, 5.41) is 0. The van der Waals surface area contributed by atoms with Crippen LogP contribution in [0.1, 0.15) is 55.4 Å². The van der Waals surface area contributed by atoms with Gasteiger partial charge in [0.25, 0.3) is 0 Å². The maximum Gasteiger partial charge on any atom is 0.337 e. The van der Waals surface area contributed by atoms with Gasteiger partial charge in [-0.15, -0.1) is 0 Å². The quantitative estimate of drug-likeness (QED) is 0.650. The maximum absolute atomic E-state index is 6.20. The molecule has 2 nitrogen and oxygen atoms in total. The summed E-state index contributed by atoms with van der Waals surface area (Å²) in [5.74, 6) is 0. The van der Waals surface area contributed by atoms with E-state index < -0.39 is 8.56 Å². The van der Waals surface area contributed by atoms with Gasteiger partial charge in [-0.1, -0.05) is 55.4 Å². The standard InChI is InChI=1S/C14H32O2Si/c1-9-17(10-2,15-11-13(3,4)5)16-12-14(6,7)8/h9-12H2,1-8H3. The Morgan fingerprint density at radius 2 is 1.00 bits per heavy atom. The van der Waals surface area contributed by atoms with Crippen molar-refractivity contribution in [3.63, 3.8) is 0 Å². The molecule has 0 aliphatic rings. The summed E-state index contributed by atoms with van der Waals surface area (Å²) < 4.78 is 12.4. The minimum absolute atomic E-state index is 0.216. The van der Waals surface area contributed by atoms with E-state index in [0.29, 0.717) is 0 Å². The zero-order valence-electron chi connectivity index (χ0n) is 13.1. The van der Waals surface area contributed by atoms with Crippen molar-refractivity contribution in [1.82, 2.24) is 0 Å². The zero-order valence-corrected chi connectivity index (χ0v) is 14.1. The molecule has 0 amide bonds. The highest BCUT2D eigenvalue weighted by Gasteiger charge is 2.36. The maximum atomic E-state index is 6.20. The van der Waals surface area contributed by atoms with Gasteiger partial charge in [0.05, 0.1) is 0 Å². The predicted octanol–water partition coefficient (Wildman–Crippen LogP) is 4.59. The van der Waals surface area contributed by atoms with Gasteiger partial charge >= 0.3 is 8.56 Å². The highest BCUT2D eigenvalue weighted by Crippen LogP contribution is 2.26. The fraction of sp³-hybridized carbons (Fsp3) is 1.00. The van der Waals surface area contributed by atoms with Crippen LogP contribution in [0.4, 0.5) is 0 Å². The topological polar surface area (TPSA) is 18.5 Å². The fourth-order valence-electron chi connectivity index (χ4n) is 1.40. The molecular weight excluding hydrogens is 228 g/mol. The third-order valence-corrected chi connectivity index (χ3v) is 6.11. The van der Waals surface area contributed by atoms with E-state index >= 15 is 0 Å². The smallest absolute Gasteiger partial charge is 0.337 e. The first kappa shape index (κ1) is 17.1. The van der Waals surface area contributed by atoms with E-state index in [0.717, 1.165) is 25.3 Å². The molecule has 0 aliphatic heterocycles. The Labute approximate surface area is 109 Å². The van der Waals surface area contributed by atoms with Crippen LogP contribution < -0.4 is 0 Å². The molecule has 0 spiro atoms. The van der Waals surface area contributed by atoms with Gasteiger partial charge in [0.1, 0.15) is 0 Å². The van der Waals surface area contributed by atoms with Crippen LogP contribution in [0.15, 0.2) is 0 Å². The van der Waals surface area contributed by atoms with Crippen molar-refractivity contribution in [2.45, 2.75) is 67.5 Å². The van der Waals surface area contributed by atoms with E-state index in [-0.39, 0.29) is 10.8 Å². The molecule has 0 atom stereocenters. The van der Waals surface area contributed by atoms with Crippen molar-refractivity contribution in [2.24, 2.45) is 10.8 Å². The molecule has 0 bridgehead atoms. The van der Waals surface area contributed by atoms with E-state index in [9.17, 15) is 0 Å². The largest absolute Gasteiger partial charge is 0.394 e. The molecule has 0 N–H and O–H groups in total. The van der Waals surface area contributed by atoms with Gasteiger partial charge in [0.15, 0.2) is 0 Å². The first-order valence-corrected chi connectivity index (χ1v) is 9.04. The molecule has 0 aromatic carbocycles. The molecule has 0 aliphatic carbocycles. The molecule has 0 rings (SSSR count). The van der Waals surface area contributed by atoms with Gasteiger partial charge in [-0.3, -0.25) is 0 Å². The minimum atomic E-state index is -1.96. The van der Waals surface area contributed by atoms with Crippen molar-refractivity contribution in [3.8, 4) is 0 Å². The summed E-state index contributed by atoms with van der Waals surface area (Å²) in [4.78, 5) is 0. The number of rotatable bonds is 6. The molecule has 17 heavy (non-hydrogen) atoms. The van der Waals surface area contributed by atoms with Gasteiger partial charge in [-0.05, 0) is 22.9 Å². The average molecular weight is 260 g/mol. The Balaban J connectivity index is 4.46. The van der Waals surface area contributed by atoms with Crippen LogP contribution in [0.25, 0.3) is 0 Å². The Bertz CT molecular complexity index is 189. The lowest BCUT2D eigenvalue weighted by molar-refractivity contribution is 0.0929. The second-order valence-corrected chi connectivity index (χ2v) is 11.1. The van der Waals surface area contributed by atoms with Crippen LogP contribution in [-0.2, 0) is 8.85 Å². The van der Waals surface area contributed by atoms with Crippen LogP contribution >= 0.6 is 0 Å². The fourth-order valence-corrected chi connectivity index (χ4v) is 4.19. The molecular formula is C14H32O2Si. The lowest BCUT2D eigenvalue weighted by Crippen LogP contribution is -2.44. The normalized spacial score (nSPS) is 14.1. The van der Waals surface area contributed by atoms with Crippen LogP contribution in [0.3, 0.4) is 0 Å². The SMILES string of the molecule is CC[Si](CC)(OCC(C)(C)C)OCC(C)(C)C. The number of hydrogen-bond donors (Lipinski definition) is 0. The second kappa shape index (κ2) is 6.35. The van der Waals surface area contributed by atoms with Gasteiger partial charge in [0, 0.05) is 13.2 Å². The highest BCUT2D eigenvalue weighted by molar-refractivity contribution is 6.67. The van der Waals surface area contributed by atoms with Crippen molar-refractivity contribution in [2.75, 3.05) is 13.2 Å². The van der Waals surface area contributed by atoms with Crippen LogP contribution in [0.2, 0.25) is 12.1 Å². The minimum Gasteiger partial charge on any atom is -0.394 e. The van der Waals surface area contributed by atoms with Crippen LogP contribution in [-0.4, -0.2) is 21.8 Å². The summed E-state index contributed by atoms with van der Waals surface area (Å²) in [5.41, 5.74) is 0.432. The lowest BCUT2D eigenvalue weighted by atomic mass is 9.99. The van der Waals surface area contributed by atoms with Crippen molar-refractivity contribution >= 4 is 8.56 Å². The van der Waals surface area contributed by atoms with Gasteiger partial charge in [0.2, 0.25) is 0 Å². The van der Waals surface area contributed by atoms with Crippen molar-refractivity contribution < 1.29 is 8.85 Å². The summed E-state index contributed by atoms with van der Waals surface area (Å²) in [7, 11) is -1.96. The third-order valence-electron chi connectivity index (χ3n) is 2.61. The Hall–Kier alpha value is 0.137. The molecule has 0 radical (unpaired) electrons. The van der Waals surface area contributed by atoms with E-state index in [1.807, 2.05) is 0 Å². The van der Waals surface area contributed by atoms with Gasteiger partial charge in [-0.25, -0.2) is 0 Å². The van der Waals surface area contributed by atoms with Crippen LogP contribution in [0.5, 0.6) is 0 Å². The van der Waals surface area contributed by atoms with Gasteiger partial charge in [-0.2, -0.15) is 0 Å². The Morgan fingerprint density at radius 1 is 0.706 bits per heavy atom. The van der Waals surface area contributed by atoms with Crippen LogP contribution in [0, 0.1) is 10.8 Å². The molecule has 0 fully saturated rings. The molecule has 0 unspecified atom stereocenters. The molecule has 0 saturated carbocycles. The number of hydrogen-bond acceptors (Lipinski definition) is 2. The molecule has 0 aromatic heterocycles. The van der Waals surface area contributed by atoms with E-state index in [1.165, 1.54) is 0 Å².